The van der Waals surface area contributed by atoms with Gasteiger partial charge in [-0.25, -0.2) is 0 Å². The van der Waals surface area contributed by atoms with Crippen LogP contribution in [0.4, 0.5) is 0 Å². The topological polar surface area (TPSA) is 55.8 Å². The number of para-hydroxylation sites is 1. The van der Waals surface area contributed by atoms with Gasteiger partial charge in [-0.3, -0.25) is 4.79 Å². The van der Waals surface area contributed by atoms with Crippen molar-refractivity contribution in [2.45, 2.75) is 12.2 Å². The van der Waals surface area contributed by atoms with E-state index in [1.165, 1.54) is 13.2 Å². The minimum Gasteiger partial charge on any atom is -0.515 e. The largest absolute Gasteiger partial charge is 0.515 e. The zero-order chi connectivity index (χ0) is 17.0. The summed E-state index contributed by atoms with van der Waals surface area (Å²) in [6.45, 7) is 0. The Bertz CT molecular complexity index is 778. The number of aliphatic hydroxyl groups excluding tert-OH is 1. The van der Waals surface area contributed by atoms with Crippen molar-refractivity contribution < 1.29 is 19.4 Å². The third-order valence-corrected chi connectivity index (χ3v) is 4.02. The molecule has 0 heterocycles. The van der Waals surface area contributed by atoms with E-state index in [9.17, 15) is 9.90 Å². The van der Waals surface area contributed by atoms with E-state index in [0.717, 1.165) is 11.8 Å². The second-order valence-electron chi connectivity index (χ2n) is 5.49. The Hall–Kier alpha value is -2.85. The minimum atomic E-state index is -1.48. The van der Waals surface area contributed by atoms with Gasteiger partial charge >= 0.3 is 0 Å². The van der Waals surface area contributed by atoms with Gasteiger partial charge in [-0.15, -0.1) is 0 Å². The van der Waals surface area contributed by atoms with Crippen molar-refractivity contribution in [3.05, 3.63) is 84.1 Å². The molecular formula is C20H18O4. The van der Waals surface area contributed by atoms with E-state index < -0.39 is 5.79 Å². The number of aliphatic hydroxyl groups is 1. The quantitative estimate of drug-likeness (QED) is 0.685. The maximum atomic E-state index is 12.8. The Morgan fingerprint density at radius 1 is 1.04 bits per heavy atom. The first-order chi connectivity index (χ1) is 11.7. The fourth-order valence-electron chi connectivity index (χ4n) is 2.75. The zero-order valence-electron chi connectivity index (χ0n) is 13.3. The predicted octanol–water partition coefficient (Wildman–Crippen LogP) is 3.91. The summed E-state index contributed by atoms with van der Waals surface area (Å²) in [5.74, 6) is -1.24. The number of carbonyl (C=O) groups excluding carboxylic acids is 1. The van der Waals surface area contributed by atoms with Gasteiger partial charge in [0.05, 0.1) is 12.7 Å². The molecule has 0 amide bonds. The van der Waals surface area contributed by atoms with E-state index in [2.05, 4.69) is 0 Å². The lowest BCUT2D eigenvalue weighted by Gasteiger charge is -2.34. The van der Waals surface area contributed by atoms with E-state index >= 15 is 0 Å². The van der Waals surface area contributed by atoms with Crippen LogP contribution in [0.2, 0.25) is 0 Å². The summed E-state index contributed by atoms with van der Waals surface area (Å²) in [6.07, 6.45) is 2.59. The summed E-state index contributed by atoms with van der Waals surface area (Å²) < 4.78 is 11.3. The Morgan fingerprint density at radius 3 is 2.25 bits per heavy atom. The van der Waals surface area contributed by atoms with Gasteiger partial charge in [-0.05, 0) is 29.3 Å². The fraction of sp³-hybridized carbons (Fsp3) is 0.150. The van der Waals surface area contributed by atoms with Crippen molar-refractivity contribution in [2.24, 2.45) is 0 Å². The molecular weight excluding hydrogens is 304 g/mol. The van der Waals surface area contributed by atoms with Gasteiger partial charge in [0, 0.05) is 12.7 Å². The van der Waals surface area contributed by atoms with Crippen molar-refractivity contribution in [1.29, 1.82) is 0 Å². The molecule has 1 unspecified atom stereocenters. The Labute approximate surface area is 140 Å². The van der Waals surface area contributed by atoms with Gasteiger partial charge in [0.15, 0.2) is 0 Å². The molecule has 2 aromatic carbocycles. The second-order valence-corrected chi connectivity index (χ2v) is 5.49. The van der Waals surface area contributed by atoms with Crippen LogP contribution in [-0.4, -0.2) is 23.8 Å². The summed E-state index contributed by atoms with van der Waals surface area (Å²) in [5, 5.41) is 9.68. The molecule has 1 aliphatic carbocycles. The molecule has 4 nitrogen and oxygen atoms in total. The van der Waals surface area contributed by atoms with Gasteiger partial charge in [0.1, 0.15) is 5.75 Å². The van der Waals surface area contributed by atoms with Gasteiger partial charge < -0.3 is 14.6 Å². The lowest BCUT2D eigenvalue weighted by molar-refractivity contribution is -0.178. The van der Waals surface area contributed by atoms with Crippen LogP contribution >= 0.6 is 0 Å². The zero-order valence-corrected chi connectivity index (χ0v) is 13.3. The first-order valence-electron chi connectivity index (χ1n) is 7.63. The molecule has 0 aromatic heterocycles. The Balaban J connectivity index is 2.00. The van der Waals surface area contributed by atoms with Crippen LogP contribution < -0.4 is 4.74 Å². The van der Waals surface area contributed by atoms with E-state index in [0.29, 0.717) is 16.9 Å². The molecule has 1 aliphatic rings. The molecule has 0 radical (unpaired) electrons. The smallest absolute Gasteiger partial charge is 0.278 e. The fourth-order valence-corrected chi connectivity index (χ4v) is 2.75. The van der Waals surface area contributed by atoms with Crippen molar-refractivity contribution >= 4 is 11.4 Å². The molecule has 2 aromatic rings. The molecule has 3 rings (SSSR count). The Kier molecular flexibility index (Phi) is 4.49. The maximum Gasteiger partial charge on any atom is 0.278 e. The second kappa shape index (κ2) is 6.72. The average molecular weight is 322 g/mol. The predicted molar refractivity (Wildman–Crippen MR) is 91.6 cm³/mol. The maximum absolute atomic E-state index is 12.8. The molecule has 1 N–H and O–H groups in total. The van der Waals surface area contributed by atoms with Gasteiger partial charge in [-0.2, -0.15) is 0 Å². The van der Waals surface area contributed by atoms with E-state index in [1.54, 1.807) is 12.1 Å². The lowest BCUT2D eigenvalue weighted by atomic mass is 9.85. The van der Waals surface area contributed by atoms with E-state index in [4.69, 9.17) is 9.47 Å². The molecule has 0 saturated carbocycles. The van der Waals surface area contributed by atoms with Gasteiger partial charge in [0.2, 0.25) is 5.78 Å². The number of ether oxygens (including phenoxy) is 2. The first kappa shape index (κ1) is 16.0. The van der Waals surface area contributed by atoms with E-state index in [-0.39, 0.29) is 12.2 Å². The highest BCUT2D eigenvalue weighted by Crippen LogP contribution is 2.38. The Morgan fingerprint density at radius 2 is 1.67 bits per heavy atom. The third kappa shape index (κ3) is 2.96. The number of hydrogen-bond acceptors (Lipinski definition) is 4. The summed E-state index contributed by atoms with van der Waals surface area (Å²) in [6, 6.07) is 18.5. The number of carbonyl (C=O) groups is 1. The van der Waals surface area contributed by atoms with Crippen molar-refractivity contribution in [1.82, 2.24) is 0 Å². The molecule has 24 heavy (non-hydrogen) atoms. The van der Waals surface area contributed by atoms with Crippen molar-refractivity contribution in [3.8, 4) is 5.75 Å². The van der Waals surface area contributed by atoms with Crippen LogP contribution in [0.25, 0.3) is 5.57 Å². The summed E-state index contributed by atoms with van der Waals surface area (Å²) in [4.78, 5) is 12.8. The monoisotopic (exact) mass is 322 g/mol. The highest BCUT2D eigenvalue weighted by atomic mass is 16.7. The highest BCUT2D eigenvalue weighted by molar-refractivity contribution is 6.07. The lowest BCUT2D eigenvalue weighted by Crippen LogP contribution is -2.48. The van der Waals surface area contributed by atoms with Crippen LogP contribution in [0.3, 0.4) is 0 Å². The van der Waals surface area contributed by atoms with Gasteiger partial charge in [0.25, 0.3) is 5.79 Å². The molecule has 1 atom stereocenters. The standard InChI is InChI=1S/C20H18O4/c1-23-20(24-17-10-6-3-7-11-17)13-16(14-21)18(12-19(20)22)15-8-4-2-5-9-15/h2-12,14,21H,13H2,1H3. The average Bonchev–Trinajstić information content (AvgIpc) is 2.64. The normalized spacial score (nSPS) is 22.3. The number of methoxy groups -OCH3 is 1. The minimum absolute atomic E-state index is 0.119. The van der Waals surface area contributed by atoms with Crippen LogP contribution in [0, 0.1) is 0 Å². The molecule has 122 valence electrons. The number of benzene rings is 2. The summed E-state index contributed by atoms with van der Waals surface area (Å²) >= 11 is 0. The van der Waals surface area contributed by atoms with Crippen LogP contribution in [0.15, 0.2) is 78.6 Å². The number of rotatable bonds is 4. The van der Waals surface area contributed by atoms with Crippen LogP contribution in [0.1, 0.15) is 12.0 Å². The molecule has 4 heteroatoms. The first-order valence-corrected chi connectivity index (χ1v) is 7.63. The van der Waals surface area contributed by atoms with Crippen LogP contribution in [0.5, 0.6) is 5.75 Å². The molecule has 0 bridgehead atoms. The third-order valence-electron chi connectivity index (χ3n) is 4.02. The summed E-state index contributed by atoms with van der Waals surface area (Å²) in [7, 11) is 1.43. The number of ketones is 1. The van der Waals surface area contributed by atoms with Crippen molar-refractivity contribution in [3.63, 3.8) is 0 Å². The number of hydrogen-bond donors (Lipinski definition) is 1. The number of allylic oxidation sites excluding steroid dienone is 1. The molecule has 0 fully saturated rings. The van der Waals surface area contributed by atoms with Crippen LogP contribution in [-0.2, 0) is 9.53 Å². The SMILES string of the molecule is COC1(Oc2ccccc2)CC(=CO)C(c2ccccc2)=CC1=O. The van der Waals surface area contributed by atoms with E-state index in [1.807, 2.05) is 48.5 Å². The molecule has 0 aliphatic heterocycles. The highest BCUT2D eigenvalue weighted by Gasteiger charge is 2.45. The van der Waals surface area contributed by atoms with Crippen molar-refractivity contribution in [2.75, 3.05) is 7.11 Å². The molecule has 0 spiro atoms. The summed E-state index contributed by atoms with van der Waals surface area (Å²) in [5.41, 5.74) is 2.11. The van der Waals surface area contributed by atoms with Gasteiger partial charge in [-0.1, -0.05) is 48.5 Å². The molecule has 0 saturated heterocycles.